The predicted octanol–water partition coefficient (Wildman–Crippen LogP) is 5.80. The van der Waals surface area contributed by atoms with Crippen molar-refractivity contribution in [1.29, 1.82) is 0 Å². The molecule has 12 heteroatoms. The zero-order chi connectivity index (χ0) is 22.4. The number of hydrogen-bond acceptors (Lipinski definition) is 2. The van der Waals surface area contributed by atoms with E-state index in [9.17, 15) is 35.9 Å². The Kier molecular flexibility index (Phi) is 5.84. The van der Waals surface area contributed by atoms with E-state index < -0.39 is 62.0 Å². The van der Waals surface area contributed by atoms with Gasteiger partial charge in [-0.25, -0.2) is 9.59 Å². The molecule has 0 spiro atoms. The average Bonchev–Trinajstić information content (AvgIpc) is 2.56. The highest BCUT2D eigenvalue weighted by Crippen LogP contribution is 2.58. The van der Waals surface area contributed by atoms with Gasteiger partial charge in [0.15, 0.2) is 0 Å². The molecule has 0 bridgehead atoms. The lowest BCUT2D eigenvalue weighted by Crippen LogP contribution is -2.55. The molecule has 0 radical (unpaired) electrons. The number of aromatic carboxylic acids is 2. The van der Waals surface area contributed by atoms with Crippen molar-refractivity contribution in [3.8, 4) is 0 Å². The molecular weight excluding hydrogens is 453 g/mol. The third-order valence-electron chi connectivity index (χ3n) is 4.13. The van der Waals surface area contributed by atoms with Gasteiger partial charge in [-0.15, -0.1) is 0 Å². The highest BCUT2D eigenvalue weighted by molar-refractivity contribution is 6.44. The first-order valence-corrected chi connectivity index (χ1v) is 8.11. The summed E-state index contributed by atoms with van der Waals surface area (Å²) in [5, 5.41) is 15.5. The molecule has 2 aromatic carbocycles. The lowest BCUT2D eigenvalue weighted by atomic mass is 9.72. The molecule has 156 valence electrons. The van der Waals surface area contributed by atoms with Crippen LogP contribution in [0.25, 0.3) is 0 Å². The zero-order valence-electron chi connectivity index (χ0n) is 13.7. The topological polar surface area (TPSA) is 74.6 Å². The second kappa shape index (κ2) is 7.42. The van der Waals surface area contributed by atoms with Crippen LogP contribution in [0.5, 0.6) is 0 Å². The molecule has 0 atom stereocenters. The van der Waals surface area contributed by atoms with Gasteiger partial charge in [-0.05, 0) is 23.8 Å². The third-order valence-corrected chi connectivity index (χ3v) is 5.01. The van der Waals surface area contributed by atoms with Crippen LogP contribution in [0, 0.1) is 0 Å². The molecule has 0 amide bonds. The van der Waals surface area contributed by atoms with E-state index in [2.05, 4.69) is 0 Å². The minimum Gasteiger partial charge on any atom is -0.478 e. The SMILES string of the molecule is O=C(O)c1ccc(C(c2ccc(C(=O)O)c(Cl)c2Cl)(C(F)(F)F)C(F)(F)F)cc1. The second-order valence-corrected chi connectivity index (χ2v) is 6.48. The number of rotatable bonds is 4. The van der Waals surface area contributed by atoms with Crippen LogP contribution in [0.3, 0.4) is 0 Å². The van der Waals surface area contributed by atoms with Crippen molar-refractivity contribution < 1.29 is 46.1 Å². The first-order chi connectivity index (χ1) is 13.2. The van der Waals surface area contributed by atoms with E-state index >= 15 is 0 Å². The summed E-state index contributed by atoms with van der Waals surface area (Å²) in [6.07, 6.45) is -12.0. The Morgan fingerprint density at radius 1 is 0.724 bits per heavy atom. The fraction of sp³-hybridized carbons (Fsp3) is 0.176. The molecule has 0 aromatic heterocycles. The maximum Gasteiger partial charge on any atom is 0.411 e. The minimum atomic E-state index is -6.01. The maximum atomic E-state index is 14.0. The van der Waals surface area contributed by atoms with Crippen molar-refractivity contribution in [3.63, 3.8) is 0 Å². The minimum absolute atomic E-state index is 0.282. The van der Waals surface area contributed by atoms with Crippen LogP contribution < -0.4 is 0 Å². The highest BCUT2D eigenvalue weighted by Gasteiger charge is 2.73. The Morgan fingerprint density at radius 2 is 1.21 bits per heavy atom. The van der Waals surface area contributed by atoms with Gasteiger partial charge in [-0.3, -0.25) is 0 Å². The van der Waals surface area contributed by atoms with E-state index in [1.54, 1.807) is 0 Å². The number of benzene rings is 2. The van der Waals surface area contributed by atoms with Gasteiger partial charge in [-0.1, -0.05) is 41.4 Å². The number of hydrogen-bond donors (Lipinski definition) is 2. The molecule has 0 saturated carbocycles. The van der Waals surface area contributed by atoms with Gasteiger partial charge in [0, 0.05) is 5.56 Å². The molecule has 2 N–H and O–H groups in total. The zero-order valence-corrected chi connectivity index (χ0v) is 15.2. The standard InChI is InChI=1S/C17H8Cl2F6O4/c18-11-9(14(28)29)5-6-10(12(11)19)15(16(20,21)22,17(23,24)25)8-3-1-7(2-4-8)13(26)27/h1-6H,(H,26,27)(H,28,29). The summed E-state index contributed by atoms with van der Waals surface area (Å²) in [6.45, 7) is 0. The van der Waals surface area contributed by atoms with Crippen LogP contribution in [0.4, 0.5) is 26.3 Å². The molecule has 2 rings (SSSR count). The summed E-state index contributed by atoms with van der Waals surface area (Å²) in [5.74, 6) is -3.27. The number of carboxylic acids is 2. The summed E-state index contributed by atoms with van der Waals surface area (Å²) in [6, 6.07) is 2.63. The van der Waals surface area contributed by atoms with Gasteiger partial charge in [-0.2, -0.15) is 26.3 Å². The van der Waals surface area contributed by atoms with E-state index in [1.807, 2.05) is 0 Å². The van der Waals surface area contributed by atoms with Gasteiger partial charge in [0.2, 0.25) is 5.41 Å². The average molecular weight is 461 g/mol. The highest BCUT2D eigenvalue weighted by atomic mass is 35.5. The Bertz CT molecular complexity index is 954. The molecule has 0 fully saturated rings. The Balaban J connectivity index is 2.98. The van der Waals surface area contributed by atoms with Crippen molar-refractivity contribution in [1.82, 2.24) is 0 Å². The van der Waals surface area contributed by atoms with Crippen LogP contribution >= 0.6 is 23.2 Å². The number of carboxylic acid groups (broad SMARTS) is 2. The van der Waals surface area contributed by atoms with Crippen LogP contribution in [0.1, 0.15) is 31.8 Å². The van der Waals surface area contributed by atoms with E-state index in [1.165, 1.54) is 0 Å². The monoisotopic (exact) mass is 460 g/mol. The molecule has 0 aliphatic heterocycles. The Hall–Kier alpha value is -2.46. The van der Waals surface area contributed by atoms with Crippen LogP contribution in [-0.2, 0) is 5.41 Å². The molecule has 0 heterocycles. The van der Waals surface area contributed by atoms with E-state index in [0.717, 1.165) is 0 Å². The lowest BCUT2D eigenvalue weighted by Gasteiger charge is -2.39. The molecule has 0 unspecified atom stereocenters. The molecule has 4 nitrogen and oxygen atoms in total. The van der Waals surface area contributed by atoms with E-state index in [-0.39, 0.29) is 6.07 Å². The fourth-order valence-corrected chi connectivity index (χ4v) is 3.37. The van der Waals surface area contributed by atoms with E-state index in [4.69, 9.17) is 33.4 Å². The van der Waals surface area contributed by atoms with Gasteiger partial charge in [0.25, 0.3) is 0 Å². The van der Waals surface area contributed by atoms with Gasteiger partial charge >= 0.3 is 24.3 Å². The fourth-order valence-electron chi connectivity index (χ4n) is 2.82. The first kappa shape index (κ1) is 22.8. The molecule has 0 aliphatic rings. The van der Waals surface area contributed by atoms with Gasteiger partial charge in [0.05, 0.1) is 21.2 Å². The largest absolute Gasteiger partial charge is 0.478 e. The second-order valence-electron chi connectivity index (χ2n) is 5.72. The number of alkyl halides is 6. The lowest BCUT2D eigenvalue weighted by molar-refractivity contribution is -0.288. The summed E-state index contributed by atoms with van der Waals surface area (Å²) in [5.41, 5.74) is -8.95. The summed E-state index contributed by atoms with van der Waals surface area (Å²) in [4.78, 5) is 21.9. The Morgan fingerprint density at radius 3 is 1.59 bits per heavy atom. The summed E-state index contributed by atoms with van der Waals surface area (Å²) in [7, 11) is 0. The summed E-state index contributed by atoms with van der Waals surface area (Å²) >= 11 is 11.3. The van der Waals surface area contributed by atoms with Crippen molar-refractivity contribution in [2.75, 3.05) is 0 Å². The number of carbonyl (C=O) groups is 2. The smallest absolute Gasteiger partial charge is 0.411 e. The van der Waals surface area contributed by atoms with Crippen molar-refractivity contribution >= 4 is 35.1 Å². The predicted molar refractivity (Wildman–Crippen MR) is 89.7 cm³/mol. The third kappa shape index (κ3) is 3.62. The molecule has 29 heavy (non-hydrogen) atoms. The van der Waals surface area contributed by atoms with E-state index in [0.29, 0.717) is 30.3 Å². The molecule has 2 aromatic rings. The quantitative estimate of drug-likeness (QED) is 0.565. The Labute approximate surface area is 168 Å². The van der Waals surface area contributed by atoms with Crippen molar-refractivity contribution in [2.24, 2.45) is 0 Å². The molecule has 0 aliphatic carbocycles. The van der Waals surface area contributed by atoms with Crippen molar-refractivity contribution in [3.05, 3.63) is 68.7 Å². The van der Waals surface area contributed by atoms with Crippen LogP contribution in [-0.4, -0.2) is 34.5 Å². The van der Waals surface area contributed by atoms with Gasteiger partial charge in [0.1, 0.15) is 0 Å². The van der Waals surface area contributed by atoms with Crippen LogP contribution in [0.2, 0.25) is 10.0 Å². The first-order valence-electron chi connectivity index (χ1n) is 7.35. The van der Waals surface area contributed by atoms with Crippen LogP contribution in [0.15, 0.2) is 36.4 Å². The normalized spacial score (nSPS) is 12.7. The van der Waals surface area contributed by atoms with Gasteiger partial charge < -0.3 is 10.2 Å². The maximum absolute atomic E-state index is 14.0. The molecular formula is C17H8Cl2F6O4. The molecule has 0 saturated heterocycles. The van der Waals surface area contributed by atoms with Crippen molar-refractivity contribution in [2.45, 2.75) is 17.8 Å². The number of halogens is 8. The summed E-state index contributed by atoms with van der Waals surface area (Å²) < 4.78 is 84.1.